The smallest absolute Gasteiger partial charge is 0.320 e. The normalized spacial score (nSPS) is 13.4. The van der Waals surface area contributed by atoms with Crippen LogP contribution in [0.4, 0.5) is 0 Å². The van der Waals surface area contributed by atoms with Crippen molar-refractivity contribution in [2.75, 3.05) is 6.54 Å². The molecule has 1 atom stereocenters. The topological polar surface area (TPSA) is 67.4 Å². The van der Waals surface area contributed by atoms with Crippen molar-refractivity contribution in [1.82, 2.24) is 10.6 Å². The van der Waals surface area contributed by atoms with Gasteiger partial charge >= 0.3 is 5.97 Å². The largest absolute Gasteiger partial charge is 0.459 e. The second kappa shape index (κ2) is 6.59. The van der Waals surface area contributed by atoms with E-state index in [4.69, 9.17) is 4.74 Å². The molecule has 0 heterocycles. The minimum Gasteiger partial charge on any atom is -0.459 e. The highest BCUT2D eigenvalue weighted by Gasteiger charge is 2.18. The average Bonchev–Trinajstić information content (AvgIpc) is 2.10. The molecule has 0 saturated carbocycles. The Labute approximate surface area is 103 Å². The van der Waals surface area contributed by atoms with Gasteiger partial charge in [-0.25, -0.2) is 0 Å². The van der Waals surface area contributed by atoms with E-state index in [1.807, 2.05) is 13.8 Å². The number of carbonyl (C=O) groups is 2. The van der Waals surface area contributed by atoms with Gasteiger partial charge in [0.05, 0.1) is 12.6 Å². The maximum atomic E-state index is 11.5. The molecule has 0 spiro atoms. The zero-order chi connectivity index (χ0) is 13.6. The lowest BCUT2D eigenvalue weighted by atomic mass is 10.2. The Balaban J connectivity index is 3.95. The summed E-state index contributed by atoms with van der Waals surface area (Å²) in [5.74, 6) is -0.481. The minimum atomic E-state index is -0.498. The molecule has 0 aliphatic heterocycles. The number of ether oxygens (including phenoxy) is 1. The zero-order valence-corrected chi connectivity index (χ0v) is 11.6. The Bertz CT molecular complexity index is 269. The van der Waals surface area contributed by atoms with Crippen LogP contribution in [0.3, 0.4) is 0 Å². The third kappa shape index (κ3) is 8.68. The Morgan fingerprint density at radius 2 is 1.71 bits per heavy atom. The van der Waals surface area contributed by atoms with Crippen molar-refractivity contribution in [2.24, 2.45) is 0 Å². The lowest BCUT2D eigenvalue weighted by molar-refractivity contribution is -0.153. The maximum absolute atomic E-state index is 11.5. The SMILES string of the molecule is CC(C)NC(=O)C(C)NCC(=O)OC(C)(C)C. The summed E-state index contributed by atoms with van der Waals surface area (Å²) in [5.41, 5.74) is -0.498. The van der Waals surface area contributed by atoms with Crippen molar-refractivity contribution in [1.29, 1.82) is 0 Å². The third-order valence-electron chi connectivity index (χ3n) is 1.80. The molecule has 2 N–H and O–H groups in total. The summed E-state index contributed by atoms with van der Waals surface area (Å²) in [5, 5.41) is 5.58. The highest BCUT2D eigenvalue weighted by molar-refractivity contribution is 5.82. The first-order chi connectivity index (χ1) is 7.61. The fraction of sp³-hybridized carbons (Fsp3) is 0.833. The van der Waals surface area contributed by atoms with Gasteiger partial charge in [0.25, 0.3) is 0 Å². The molecule has 0 aromatic carbocycles. The van der Waals surface area contributed by atoms with Crippen LogP contribution in [0.2, 0.25) is 0 Å². The molecule has 0 aromatic rings. The van der Waals surface area contributed by atoms with Crippen LogP contribution in [0, 0.1) is 0 Å². The second-order valence-corrected chi connectivity index (χ2v) is 5.35. The highest BCUT2D eigenvalue weighted by atomic mass is 16.6. The van der Waals surface area contributed by atoms with Gasteiger partial charge in [-0.05, 0) is 41.5 Å². The fourth-order valence-electron chi connectivity index (χ4n) is 1.12. The predicted molar refractivity (Wildman–Crippen MR) is 66.6 cm³/mol. The van der Waals surface area contributed by atoms with Crippen molar-refractivity contribution in [3.63, 3.8) is 0 Å². The van der Waals surface area contributed by atoms with E-state index in [9.17, 15) is 9.59 Å². The van der Waals surface area contributed by atoms with Gasteiger partial charge in [-0.1, -0.05) is 0 Å². The molecular weight excluding hydrogens is 220 g/mol. The van der Waals surface area contributed by atoms with Crippen molar-refractivity contribution >= 4 is 11.9 Å². The van der Waals surface area contributed by atoms with Crippen LogP contribution in [0.25, 0.3) is 0 Å². The summed E-state index contributed by atoms with van der Waals surface area (Å²) in [7, 11) is 0. The van der Waals surface area contributed by atoms with E-state index in [0.29, 0.717) is 0 Å². The first kappa shape index (κ1) is 15.9. The van der Waals surface area contributed by atoms with Crippen LogP contribution in [-0.4, -0.2) is 36.1 Å². The number of rotatable bonds is 5. The summed E-state index contributed by atoms with van der Waals surface area (Å²) in [6, 6.07) is -0.321. The van der Waals surface area contributed by atoms with Crippen molar-refractivity contribution < 1.29 is 14.3 Å². The Morgan fingerprint density at radius 3 is 2.12 bits per heavy atom. The minimum absolute atomic E-state index is 0.0317. The number of hydrogen-bond donors (Lipinski definition) is 2. The molecule has 5 nitrogen and oxygen atoms in total. The monoisotopic (exact) mass is 244 g/mol. The number of nitrogens with one attached hydrogen (secondary N) is 2. The molecule has 17 heavy (non-hydrogen) atoms. The lowest BCUT2D eigenvalue weighted by Crippen LogP contribution is -2.46. The molecule has 1 unspecified atom stereocenters. The summed E-state index contributed by atoms with van der Waals surface area (Å²) in [6.45, 7) is 10.9. The van der Waals surface area contributed by atoms with Crippen LogP contribution in [-0.2, 0) is 14.3 Å². The Morgan fingerprint density at radius 1 is 1.18 bits per heavy atom. The molecule has 0 rings (SSSR count). The standard InChI is InChI=1S/C12H24N2O3/c1-8(2)14-11(16)9(3)13-7-10(15)17-12(4,5)6/h8-9,13H,7H2,1-6H3,(H,14,16). The van der Waals surface area contributed by atoms with Crippen LogP contribution >= 0.6 is 0 Å². The van der Waals surface area contributed by atoms with Gasteiger partial charge in [0.1, 0.15) is 5.60 Å². The first-order valence-electron chi connectivity index (χ1n) is 5.87. The van der Waals surface area contributed by atoms with Crippen molar-refractivity contribution in [3.8, 4) is 0 Å². The Kier molecular flexibility index (Phi) is 6.16. The molecule has 0 aromatic heterocycles. The van der Waals surface area contributed by atoms with E-state index < -0.39 is 11.6 Å². The molecule has 0 bridgehead atoms. The first-order valence-corrected chi connectivity index (χ1v) is 5.87. The molecule has 1 amide bonds. The van der Waals surface area contributed by atoms with Gasteiger partial charge in [0, 0.05) is 6.04 Å². The quantitative estimate of drug-likeness (QED) is 0.703. The van der Waals surface area contributed by atoms with E-state index in [-0.39, 0.29) is 24.5 Å². The molecule has 100 valence electrons. The average molecular weight is 244 g/mol. The second-order valence-electron chi connectivity index (χ2n) is 5.35. The molecule has 5 heteroatoms. The summed E-state index contributed by atoms with van der Waals surface area (Å²) >= 11 is 0. The maximum Gasteiger partial charge on any atom is 0.320 e. The van der Waals surface area contributed by atoms with E-state index in [1.165, 1.54) is 0 Å². The van der Waals surface area contributed by atoms with Gasteiger partial charge in [-0.3, -0.25) is 14.9 Å². The van der Waals surface area contributed by atoms with Gasteiger partial charge in [-0.15, -0.1) is 0 Å². The van der Waals surface area contributed by atoms with Crippen molar-refractivity contribution in [3.05, 3.63) is 0 Å². The summed E-state index contributed by atoms with van der Waals surface area (Å²) < 4.78 is 5.12. The van der Waals surface area contributed by atoms with E-state index in [2.05, 4.69) is 10.6 Å². The number of amides is 1. The van der Waals surface area contributed by atoms with Crippen LogP contribution in [0.15, 0.2) is 0 Å². The number of esters is 1. The predicted octanol–water partition coefficient (Wildman–Crippen LogP) is 0.831. The molecule has 0 aliphatic carbocycles. The van der Waals surface area contributed by atoms with Gasteiger partial charge in [0.2, 0.25) is 5.91 Å². The van der Waals surface area contributed by atoms with Crippen molar-refractivity contribution in [2.45, 2.75) is 59.2 Å². The van der Waals surface area contributed by atoms with Crippen LogP contribution in [0.1, 0.15) is 41.5 Å². The van der Waals surface area contributed by atoms with Crippen LogP contribution < -0.4 is 10.6 Å². The van der Waals surface area contributed by atoms with E-state index in [0.717, 1.165) is 0 Å². The third-order valence-corrected chi connectivity index (χ3v) is 1.80. The Hall–Kier alpha value is -1.10. The highest BCUT2D eigenvalue weighted by Crippen LogP contribution is 2.06. The zero-order valence-electron chi connectivity index (χ0n) is 11.6. The molecule has 0 saturated heterocycles. The van der Waals surface area contributed by atoms with E-state index in [1.54, 1.807) is 27.7 Å². The van der Waals surface area contributed by atoms with Gasteiger partial charge in [-0.2, -0.15) is 0 Å². The molecule has 0 aliphatic rings. The van der Waals surface area contributed by atoms with E-state index >= 15 is 0 Å². The molecular formula is C12H24N2O3. The van der Waals surface area contributed by atoms with Crippen LogP contribution in [0.5, 0.6) is 0 Å². The fourth-order valence-corrected chi connectivity index (χ4v) is 1.12. The lowest BCUT2D eigenvalue weighted by Gasteiger charge is -2.21. The summed E-state index contributed by atoms with van der Waals surface area (Å²) in [6.07, 6.45) is 0. The van der Waals surface area contributed by atoms with Gasteiger partial charge in [0.15, 0.2) is 0 Å². The number of carbonyl (C=O) groups excluding carboxylic acids is 2. The summed E-state index contributed by atoms with van der Waals surface area (Å²) in [4.78, 5) is 22.9. The molecule has 0 fully saturated rings. The molecule has 0 radical (unpaired) electrons. The number of hydrogen-bond acceptors (Lipinski definition) is 4. The van der Waals surface area contributed by atoms with Gasteiger partial charge < -0.3 is 10.1 Å².